The van der Waals surface area contributed by atoms with E-state index >= 15 is 0 Å². The first-order chi connectivity index (χ1) is 18.4. The average molecular weight is 526 g/mol. The maximum Gasteiger partial charge on any atom is 0.407 e. The van der Waals surface area contributed by atoms with Crippen molar-refractivity contribution in [2.45, 2.75) is 31.8 Å². The number of imidazole rings is 1. The highest BCUT2D eigenvalue weighted by Crippen LogP contribution is 2.39. The molecule has 4 heterocycles. The van der Waals surface area contributed by atoms with Gasteiger partial charge in [-0.15, -0.1) is 0 Å². The van der Waals surface area contributed by atoms with Gasteiger partial charge in [0.1, 0.15) is 18.0 Å². The van der Waals surface area contributed by atoms with Crippen molar-refractivity contribution in [1.29, 1.82) is 0 Å². The number of amides is 1. The fraction of sp³-hybridized carbons (Fsp3) is 0.440. The van der Waals surface area contributed by atoms with Gasteiger partial charge in [-0.2, -0.15) is 4.98 Å². The second-order valence-corrected chi connectivity index (χ2v) is 9.10. The third-order valence-electron chi connectivity index (χ3n) is 6.95. The number of aromatic nitrogens is 4. The molecule has 0 spiro atoms. The predicted octanol–water partition coefficient (Wildman–Crippen LogP) is 2.43. The molecule has 0 radical (unpaired) electrons. The van der Waals surface area contributed by atoms with E-state index in [9.17, 15) is 15.0 Å². The number of carbonyl (C=O) groups is 1. The summed E-state index contributed by atoms with van der Waals surface area (Å²) in [7, 11) is 4.67. The molecule has 13 nitrogen and oxygen atoms in total. The number of fused-ring (bicyclic) bond motifs is 1. The van der Waals surface area contributed by atoms with Gasteiger partial charge in [0.05, 0.1) is 58.1 Å². The smallest absolute Gasteiger partial charge is 0.407 e. The van der Waals surface area contributed by atoms with Crippen LogP contribution in [0.2, 0.25) is 0 Å². The van der Waals surface area contributed by atoms with Crippen molar-refractivity contribution in [3.05, 3.63) is 35.9 Å². The second kappa shape index (κ2) is 10.6. The Hall–Kier alpha value is -4.26. The van der Waals surface area contributed by atoms with E-state index in [1.807, 2.05) is 27.8 Å². The number of ether oxygens (including phenoxy) is 3. The summed E-state index contributed by atoms with van der Waals surface area (Å²) < 4.78 is 18.2. The zero-order chi connectivity index (χ0) is 26.8. The van der Waals surface area contributed by atoms with Crippen LogP contribution in [0.4, 0.5) is 22.4 Å². The number of hydrogen-bond donors (Lipinski definition) is 3. The summed E-state index contributed by atoms with van der Waals surface area (Å²) in [5.41, 5.74) is 2.26. The van der Waals surface area contributed by atoms with Gasteiger partial charge in [0.25, 0.3) is 0 Å². The Labute approximate surface area is 219 Å². The average Bonchev–Trinajstić information content (AvgIpc) is 3.61. The third-order valence-corrected chi connectivity index (χ3v) is 6.95. The SMILES string of the molecule is COc1cc(-n2cnc(Nc3nc(N4CCCC4CO)nc4c3CCN(C(=O)O)C4)c2)cc(OC)c1OC. The molecule has 1 amide bonds. The van der Waals surface area contributed by atoms with Gasteiger partial charge in [-0.1, -0.05) is 0 Å². The van der Waals surface area contributed by atoms with Gasteiger partial charge in [-0.25, -0.2) is 14.8 Å². The van der Waals surface area contributed by atoms with Crippen molar-refractivity contribution in [2.24, 2.45) is 0 Å². The van der Waals surface area contributed by atoms with E-state index < -0.39 is 6.09 Å². The van der Waals surface area contributed by atoms with Crippen LogP contribution in [0.3, 0.4) is 0 Å². The Morgan fingerprint density at radius 3 is 2.55 bits per heavy atom. The summed E-state index contributed by atoms with van der Waals surface area (Å²) in [6.45, 7) is 1.25. The monoisotopic (exact) mass is 525 g/mol. The van der Waals surface area contributed by atoms with Gasteiger partial charge in [-0.05, 0) is 19.3 Å². The minimum absolute atomic E-state index is 0.00362. The molecule has 3 N–H and O–H groups in total. The molecule has 1 fully saturated rings. The number of nitrogens with zero attached hydrogens (tertiary/aromatic N) is 6. The highest BCUT2D eigenvalue weighted by atomic mass is 16.5. The summed E-state index contributed by atoms with van der Waals surface area (Å²) in [5.74, 6) is 3.13. The maximum absolute atomic E-state index is 11.6. The Balaban J connectivity index is 1.49. The molecule has 1 unspecified atom stereocenters. The Bertz CT molecular complexity index is 1300. The van der Waals surface area contributed by atoms with E-state index in [1.54, 1.807) is 27.7 Å². The minimum atomic E-state index is -0.983. The number of nitrogens with one attached hydrogen (secondary N) is 1. The molecule has 1 atom stereocenters. The summed E-state index contributed by atoms with van der Waals surface area (Å²) in [6.07, 6.45) is 4.74. The van der Waals surface area contributed by atoms with Crippen molar-refractivity contribution < 1.29 is 29.2 Å². The standard InChI is InChI=1S/C25H31N7O6/c1-36-19-9-16(10-20(37-2)22(19)38-3)31-12-21(26-14-31)28-23-17-6-8-30(25(34)35)11-18(17)27-24(29-23)32-7-4-5-15(32)13-33/h9-10,12,14-15,33H,4-8,11,13H2,1-3H3,(H,34,35)(H,27,28,29). The number of rotatable bonds is 8. The number of aliphatic hydroxyl groups excluding tert-OH is 1. The van der Waals surface area contributed by atoms with Gasteiger partial charge < -0.3 is 44.1 Å². The van der Waals surface area contributed by atoms with Crippen molar-refractivity contribution in [2.75, 3.05) is 51.2 Å². The van der Waals surface area contributed by atoms with Gasteiger partial charge in [-0.3, -0.25) is 0 Å². The van der Waals surface area contributed by atoms with Crippen LogP contribution in [0.15, 0.2) is 24.7 Å². The lowest BCUT2D eigenvalue weighted by Gasteiger charge is -2.29. The van der Waals surface area contributed by atoms with Crippen LogP contribution >= 0.6 is 0 Å². The number of hydrogen-bond acceptors (Lipinski definition) is 10. The van der Waals surface area contributed by atoms with Crippen LogP contribution in [0.25, 0.3) is 5.69 Å². The molecule has 1 aromatic carbocycles. The number of aliphatic hydroxyl groups is 1. The molecule has 0 bridgehead atoms. The normalized spacial score (nSPS) is 16.8. The molecule has 13 heteroatoms. The number of anilines is 3. The van der Waals surface area contributed by atoms with Crippen LogP contribution < -0.4 is 24.4 Å². The zero-order valence-electron chi connectivity index (χ0n) is 21.5. The zero-order valence-corrected chi connectivity index (χ0v) is 21.5. The molecule has 2 aliphatic heterocycles. The van der Waals surface area contributed by atoms with Crippen LogP contribution in [0, 0.1) is 0 Å². The van der Waals surface area contributed by atoms with Gasteiger partial charge in [0.2, 0.25) is 11.7 Å². The van der Waals surface area contributed by atoms with Crippen molar-refractivity contribution >= 4 is 23.7 Å². The minimum Gasteiger partial charge on any atom is -0.493 e. The van der Waals surface area contributed by atoms with E-state index in [0.717, 1.165) is 30.6 Å². The van der Waals surface area contributed by atoms with Crippen molar-refractivity contribution in [3.63, 3.8) is 0 Å². The first-order valence-electron chi connectivity index (χ1n) is 12.3. The van der Waals surface area contributed by atoms with E-state index in [2.05, 4.69) is 10.3 Å². The Morgan fingerprint density at radius 2 is 1.89 bits per heavy atom. The molecule has 0 saturated carbocycles. The lowest BCUT2D eigenvalue weighted by molar-refractivity contribution is 0.139. The highest BCUT2D eigenvalue weighted by Gasteiger charge is 2.30. The summed E-state index contributed by atoms with van der Waals surface area (Å²) >= 11 is 0. The predicted molar refractivity (Wildman–Crippen MR) is 138 cm³/mol. The number of benzene rings is 1. The molecule has 5 rings (SSSR count). The largest absolute Gasteiger partial charge is 0.493 e. The fourth-order valence-electron chi connectivity index (χ4n) is 4.97. The van der Waals surface area contributed by atoms with Gasteiger partial charge in [0.15, 0.2) is 11.5 Å². The van der Waals surface area contributed by atoms with E-state index in [1.165, 1.54) is 4.90 Å². The Morgan fingerprint density at radius 1 is 1.13 bits per heavy atom. The molecule has 1 saturated heterocycles. The molecular weight excluding hydrogens is 494 g/mol. The van der Waals surface area contributed by atoms with E-state index in [0.29, 0.717) is 53.5 Å². The van der Waals surface area contributed by atoms with Crippen molar-refractivity contribution in [3.8, 4) is 22.9 Å². The summed E-state index contributed by atoms with van der Waals surface area (Å²) in [5, 5.41) is 22.7. The van der Waals surface area contributed by atoms with Crippen LogP contribution in [0.1, 0.15) is 24.1 Å². The third kappa shape index (κ3) is 4.72. The Kier molecular flexibility index (Phi) is 7.09. The number of carboxylic acid groups (broad SMARTS) is 1. The molecular formula is C25H31N7O6. The first-order valence-corrected chi connectivity index (χ1v) is 12.3. The van der Waals surface area contributed by atoms with Crippen molar-refractivity contribution in [1.82, 2.24) is 24.4 Å². The highest BCUT2D eigenvalue weighted by molar-refractivity contribution is 5.67. The first kappa shape index (κ1) is 25.4. The quantitative estimate of drug-likeness (QED) is 0.398. The van der Waals surface area contributed by atoms with E-state index in [4.69, 9.17) is 24.2 Å². The molecule has 3 aromatic rings. The molecule has 0 aliphatic carbocycles. The molecule has 2 aliphatic rings. The topological polar surface area (TPSA) is 147 Å². The molecule has 202 valence electrons. The van der Waals surface area contributed by atoms with E-state index in [-0.39, 0.29) is 19.2 Å². The summed E-state index contributed by atoms with van der Waals surface area (Å²) in [4.78, 5) is 29.0. The second-order valence-electron chi connectivity index (χ2n) is 9.10. The summed E-state index contributed by atoms with van der Waals surface area (Å²) in [6, 6.07) is 3.57. The lowest BCUT2D eigenvalue weighted by Crippen LogP contribution is -2.38. The van der Waals surface area contributed by atoms with Crippen LogP contribution in [-0.2, 0) is 13.0 Å². The molecule has 2 aromatic heterocycles. The van der Waals surface area contributed by atoms with Gasteiger partial charge in [0, 0.05) is 30.8 Å². The number of methoxy groups -OCH3 is 3. The van der Waals surface area contributed by atoms with Gasteiger partial charge >= 0.3 is 6.09 Å². The molecule has 38 heavy (non-hydrogen) atoms. The lowest BCUT2D eigenvalue weighted by atomic mass is 10.1. The fourth-order valence-corrected chi connectivity index (χ4v) is 4.97. The van der Waals surface area contributed by atoms with Crippen LogP contribution in [0.5, 0.6) is 17.2 Å². The maximum atomic E-state index is 11.6. The van der Waals surface area contributed by atoms with Crippen LogP contribution in [-0.4, -0.2) is 87.8 Å².